The third kappa shape index (κ3) is 9.66. The van der Waals surface area contributed by atoms with E-state index < -0.39 is 6.10 Å². The lowest BCUT2D eigenvalue weighted by Crippen LogP contribution is -2.33. The SMILES string of the molecule is CC(C)OCCOCC(O)CNCCC1CCCCO1. The number of aliphatic hydroxyl groups excluding tert-OH is 1. The molecule has 1 fully saturated rings. The molecule has 0 aliphatic carbocycles. The normalized spacial score (nSPS) is 21.3. The van der Waals surface area contributed by atoms with Crippen LogP contribution in [0.15, 0.2) is 0 Å². The molecule has 2 unspecified atom stereocenters. The minimum absolute atomic E-state index is 0.229. The highest BCUT2D eigenvalue weighted by molar-refractivity contribution is 4.66. The van der Waals surface area contributed by atoms with Gasteiger partial charge >= 0.3 is 0 Å². The summed E-state index contributed by atoms with van der Waals surface area (Å²) in [6.45, 7) is 7.81. The number of nitrogens with one attached hydrogen (secondary N) is 1. The van der Waals surface area contributed by atoms with Crippen LogP contribution in [-0.4, -0.2) is 62.9 Å². The maximum atomic E-state index is 9.74. The van der Waals surface area contributed by atoms with Crippen molar-refractivity contribution in [2.45, 2.75) is 57.8 Å². The van der Waals surface area contributed by atoms with E-state index in [0.717, 1.165) is 19.6 Å². The molecule has 0 bridgehead atoms. The smallest absolute Gasteiger partial charge is 0.0897 e. The first-order chi connectivity index (χ1) is 9.68. The summed E-state index contributed by atoms with van der Waals surface area (Å²) in [4.78, 5) is 0. The molecule has 0 aromatic heterocycles. The maximum absolute atomic E-state index is 9.74. The predicted octanol–water partition coefficient (Wildman–Crippen LogP) is 1.34. The Bertz CT molecular complexity index is 220. The van der Waals surface area contributed by atoms with E-state index in [1.54, 1.807) is 0 Å². The zero-order chi connectivity index (χ0) is 14.6. The van der Waals surface area contributed by atoms with E-state index in [0.29, 0.717) is 32.5 Å². The zero-order valence-corrected chi connectivity index (χ0v) is 13.0. The van der Waals surface area contributed by atoms with E-state index in [9.17, 15) is 5.11 Å². The molecule has 0 spiro atoms. The minimum Gasteiger partial charge on any atom is -0.389 e. The summed E-state index contributed by atoms with van der Waals surface area (Å²) in [6.07, 6.45) is 4.84. The van der Waals surface area contributed by atoms with Crippen LogP contribution in [0, 0.1) is 0 Å². The van der Waals surface area contributed by atoms with Gasteiger partial charge in [-0.3, -0.25) is 0 Å². The summed E-state index contributed by atoms with van der Waals surface area (Å²) in [5, 5.41) is 13.0. The molecular weight excluding hydrogens is 258 g/mol. The van der Waals surface area contributed by atoms with Crippen LogP contribution in [-0.2, 0) is 14.2 Å². The molecule has 1 heterocycles. The maximum Gasteiger partial charge on any atom is 0.0897 e. The van der Waals surface area contributed by atoms with Crippen LogP contribution in [0.3, 0.4) is 0 Å². The fourth-order valence-electron chi connectivity index (χ4n) is 2.19. The van der Waals surface area contributed by atoms with Crippen LogP contribution < -0.4 is 5.32 Å². The van der Waals surface area contributed by atoms with E-state index in [2.05, 4.69) is 5.32 Å². The third-order valence-electron chi connectivity index (χ3n) is 3.29. The van der Waals surface area contributed by atoms with Crippen molar-refractivity contribution in [3.8, 4) is 0 Å². The molecule has 0 aromatic rings. The number of hydrogen-bond donors (Lipinski definition) is 2. The van der Waals surface area contributed by atoms with E-state index in [-0.39, 0.29) is 6.10 Å². The second-order valence-electron chi connectivity index (χ2n) is 5.63. The number of rotatable bonds is 11. The van der Waals surface area contributed by atoms with Crippen molar-refractivity contribution in [1.29, 1.82) is 0 Å². The van der Waals surface area contributed by atoms with Gasteiger partial charge in [0.15, 0.2) is 0 Å². The largest absolute Gasteiger partial charge is 0.389 e. The minimum atomic E-state index is -0.457. The number of hydrogen-bond acceptors (Lipinski definition) is 5. The lowest BCUT2D eigenvalue weighted by atomic mass is 10.1. The second-order valence-corrected chi connectivity index (χ2v) is 5.63. The van der Waals surface area contributed by atoms with E-state index >= 15 is 0 Å². The summed E-state index contributed by atoms with van der Waals surface area (Å²) in [5.74, 6) is 0. The Morgan fingerprint density at radius 3 is 2.85 bits per heavy atom. The number of ether oxygens (including phenoxy) is 3. The standard InChI is InChI=1S/C15H31NO4/c1-13(2)19-10-9-18-12-14(17)11-16-7-6-15-5-3-4-8-20-15/h13-17H,3-12H2,1-2H3. The van der Waals surface area contributed by atoms with E-state index in [1.807, 2.05) is 13.8 Å². The molecule has 1 saturated heterocycles. The molecule has 0 aromatic carbocycles. The summed E-state index contributed by atoms with van der Waals surface area (Å²) >= 11 is 0. The predicted molar refractivity (Wildman–Crippen MR) is 79.0 cm³/mol. The van der Waals surface area contributed by atoms with Gasteiger partial charge in [-0.25, -0.2) is 0 Å². The van der Waals surface area contributed by atoms with E-state index in [4.69, 9.17) is 14.2 Å². The lowest BCUT2D eigenvalue weighted by Gasteiger charge is -2.22. The van der Waals surface area contributed by atoms with Gasteiger partial charge in [-0.1, -0.05) is 0 Å². The fraction of sp³-hybridized carbons (Fsp3) is 1.00. The summed E-state index contributed by atoms with van der Waals surface area (Å²) in [6, 6.07) is 0. The lowest BCUT2D eigenvalue weighted by molar-refractivity contribution is -0.0110. The van der Waals surface area contributed by atoms with Crippen LogP contribution in [0.5, 0.6) is 0 Å². The van der Waals surface area contributed by atoms with Crippen LogP contribution in [0.1, 0.15) is 39.5 Å². The quantitative estimate of drug-likeness (QED) is 0.562. The monoisotopic (exact) mass is 289 g/mol. The Balaban J connectivity index is 1.85. The van der Waals surface area contributed by atoms with Crippen molar-refractivity contribution in [3.05, 3.63) is 0 Å². The summed E-state index contributed by atoms with van der Waals surface area (Å²) < 4.78 is 16.4. The first kappa shape index (κ1) is 17.9. The molecule has 120 valence electrons. The van der Waals surface area contributed by atoms with Crippen molar-refractivity contribution in [3.63, 3.8) is 0 Å². The highest BCUT2D eigenvalue weighted by atomic mass is 16.5. The van der Waals surface area contributed by atoms with Crippen LogP contribution in [0.25, 0.3) is 0 Å². The Hall–Kier alpha value is -0.200. The molecule has 5 heteroatoms. The Morgan fingerprint density at radius 2 is 2.15 bits per heavy atom. The Kier molecular flexibility index (Phi) is 10.2. The highest BCUT2D eigenvalue weighted by Crippen LogP contribution is 2.14. The van der Waals surface area contributed by atoms with Gasteiger partial charge in [0.2, 0.25) is 0 Å². The van der Waals surface area contributed by atoms with Crippen molar-refractivity contribution in [2.24, 2.45) is 0 Å². The molecule has 2 atom stereocenters. The third-order valence-corrected chi connectivity index (χ3v) is 3.29. The van der Waals surface area contributed by atoms with Crippen LogP contribution in [0.2, 0.25) is 0 Å². The Labute approximate surface area is 123 Å². The molecule has 1 aliphatic heterocycles. The number of aliphatic hydroxyl groups is 1. The van der Waals surface area contributed by atoms with Crippen molar-refractivity contribution in [1.82, 2.24) is 5.32 Å². The Morgan fingerprint density at radius 1 is 1.30 bits per heavy atom. The van der Waals surface area contributed by atoms with Crippen molar-refractivity contribution < 1.29 is 19.3 Å². The first-order valence-electron chi connectivity index (χ1n) is 7.88. The summed E-state index contributed by atoms with van der Waals surface area (Å²) in [7, 11) is 0. The fourth-order valence-corrected chi connectivity index (χ4v) is 2.19. The molecule has 0 saturated carbocycles. The van der Waals surface area contributed by atoms with Gasteiger partial charge in [0.05, 0.1) is 38.1 Å². The van der Waals surface area contributed by atoms with Gasteiger partial charge in [0, 0.05) is 13.2 Å². The molecule has 0 amide bonds. The van der Waals surface area contributed by atoms with Gasteiger partial charge in [0.1, 0.15) is 0 Å². The molecule has 20 heavy (non-hydrogen) atoms. The van der Waals surface area contributed by atoms with Gasteiger partial charge < -0.3 is 24.6 Å². The van der Waals surface area contributed by atoms with Gasteiger partial charge in [-0.05, 0) is 46.1 Å². The highest BCUT2D eigenvalue weighted by Gasteiger charge is 2.13. The zero-order valence-electron chi connectivity index (χ0n) is 13.0. The molecular formula is C15H31NO4. The molecule has 2 N–H and O–H groups in total. The van der Waals surface area contributed by atoms with E-state index in [1.165, 1.54) is 19.3 Å². The average Bonchev–Trinajstić information content (AvgIpc) is 2.44. The molecule has 1 rings (SSSR count). The van der Waals surface area contributed by atoms with Gasteiger partial charge in [-0.2, -0.15) is 0 Å². The van der Waals surface area contributed by atoms with Crippen molar-refractivity contribution in [2.75, 3.05) is 39.5 Å². The topological polar surface area (TPSA) is 60.0 Å². The van der Waals surface area contributed by atoms with Gasteiger partial charge in [-0.15, -0.1) is 0 Å². The van der Waals surface area contributed by atoms with Crippen LogP contribution in [0.4, 0.5) is 0 Å². The first-order valence-corrected chi connectivity index (χ1v) is 7.88. The van der Waals surface area contributed by atoms with Crippen LogP contribution >= 0.6 is 0 Å². The second kappa shape index (κ2) is 11.5. The molecule has 0 radical (unpaired) electrons. The van der Waals surface area contributed by atoms with Crippen molar-refractivity contribution >= 4 is 0 Å². The summed E-state index contributed by atoms with van der Waals surface area (Å²) in [5.41, 5.74) is 0. The average molecular weight is 289 g/mol. The van der Waals surface area contributed by atoms with Gasteiger partial charge in [0.25, 0.3) is 0 Å². The molecule has 1 aliphatic rings. The molecule has 5 nitrogen and oxygen atoms in total.